The molecule has 0 saturated carbocycles. The first-order valence-corrected chi connectivity index (χ1v) is 5.93. The number of nitrogens with zero attached hydrogens (tertiary/aromatic N) is 1. The Balaban J connectivity index is 3.54. The lowest BCUT2D eigenvalue weighted by molar-refractivity contribution is -0.141. The van der Waals surface area contributed by atoms with E-state index in [9.17, 15) is 21.6 Å². The maximum Gasteiger partial charge on any atom is 0.434 e. The first kappa shape index (κ1) is 13.2. The van der Waals surface area contributed by atoms with Crippen LogP contribution in [0.15, 0.2) is 15.6 Å². The molecule has 0 fully saturated rings. The number of alkyl halides is 3. The first-order chi connectivity index (χ1) is 7.05. The molecule has 1 aromatic heterocycles. The molecule has 0 bridgehead atoms. The van der Waals surface area contributed by atoms with Crippen LogP contribution in [0.1, 0.15) is 5.69 Å². The summed E-state index contributed by atoms with van der Waals surface area (Å²) in [6.45, 7) is 0. The van der Waals surface area contributed by atoms with Crippen LogP contribution in [0.5, 0.6) is 0 Å². The van der Waals surface area contributed by atoms with Crippen molar-refractivity contribution in [1.29, 1.82) is 0 Å². The molecule has 0 spiro atoms. The molecule has 1 aromatic rings. The van der Waals surface area contributed by atoms with Gasteiger partial charge in [0.2, 0.25) is 10.0 Å². The second-order valence-corrected chi connectivity index (χ2v) is 5.06. The topological polar surface area (TPSA) is 99.1 Å². The van der Waals surface area contributed by atoms with Crippen molar-refractivity contribution in [3.63, 3.8) is 0 Å². The van der Waals surface area contributed by atoms with Crippen LogP contribution < -0.4 is 10.9 Å². The van der Waals surface area contributed by atoms with Crippen molar-refractivity contribution >= 4 is 31.6 Å². The largest absolute Gasteiger partial charge is 0.434 e. The zero-order valence-corrected chi connectivity index (χ0v) is 9.82. The van der Waals surface area contributed by atoms with Gasteiger partial charge in [-0.25, -0.2) is 18.5 Å². The van der Waals surface area contributed by atoms with Gasteiger partial charge in [0, 0.05) is 6.20 Å². The molecule has 1 heterocycles. The Morgan fingerprint density at radius 2 is 1.88 bits per heavy atom. The fourth-order valence-corrected chi connectivity index (χ4v) is 2.19. The van der Waals surface area contributed by atoms with Gasteiger partial charge in [0.25, 0.3) is 0 Å². The van der Waals surface area contributed by atoms with Gasteiger partial charge in [0.1, 0.15) is 4.90 Å². The number of halogens is 4. The van der Waals surface area contributed by atoms with Crippen LogP contribution in [0, 0.1) is 0 Å². The highest BCUT2D eigenvalue weighted by molar-refractivity contribution is 9.10. The first-order valence-electron chi connectivity index (χ1n) is 3.59. The van der Waals surface area contributed by atoms with E-state index in [4.69, 9.17) is 10.9 Å². The summed E-state index contributed by atoms with van der Waals surface area (Å²) >= 11 is 2.53. The van der Waals surface area contributed by atoms with Gasteiger partial charge in [-0.15, -0.1) is 0 Å². The number of sulfonamides is 1. The number of nitrogen functional groups attached to an aromatic ring is 1. The molecule has 16 heavy (non-hydrogen) atoms. The Morgan fingerprint density at radius 3 is 2.25 bits per heavy atom. The zero-order chi connectivity index (χ0) is 12.7. The maximum atomic E-state index is 12.3. The number of aromatic nitrogens is 1. The summed E-state index contributed by atoms with van der Waals surface area (Å²) in [5.74, 6) is 0. The van der Waals surface area contributed by atoms with Crippen molar-refractivity contribution in [2.24, 2.45) is 5.14 Å². The third-order valence-electron chi connectivity index (χ3n) is 1.60. The second kappa shape index (κ2) is 3.86. The van der Waals surface area contributed by atoms with Crippen molar-refractivity contribution in [2.45, 2.75) is 11.1 Å². The zero-order valence-electron chi connectivity index (χ0n) is 7.42. The summed E-state index contributed by atoms with van der Waals surface area (Å²) in [4.78, 5) is 2.31. The van der Waals surface area contributed by atoms with E-state index in [0.717, 1.165) is 0 Å². The molecule has 0 unspecified atom stereocenters. The Morgan fingerprint density at radius 1 is 1.38 bits per heavy atom. The summed E-state index contributed by atoms with van der Waals surface area (Å²) in [5.41, 5.74) is 3.29. The van der Waals surface area contributed by atoms with E-state index in [1.54, 1.807) is 0 Å². The summed E-state index contributed by atoms with van der Waals surface area (Å²) < 4.78 is 58.2. The number of rotatable bonds is 1. The van der Waals surface area contributed by atoms with Crippen LogP contribution in [0.3, 0.4) is 0 Å². The molecule has 4 N–H and O–H groups in total. The van der Waals surface area contributed by atoms with E-state index < -0.39 is 36.9 Å². The minimum Gasteiger partial charge on any atom is -0.397 e. The van der Waals surface area contributed by atoms with Crippen LogP contribution in [0.2, 0.25) is 0 Å². The summed E-state index contributed by atoms with van der Waals surface area (Å²) in [6, 6.07) is 0. The molecule has 1 rings (SSSR count). The van der Waals surface area contributed by atoms with Crippen LogP contribution in [-0.2, 0) is 16.2 Å². The van der Waals surface area contributed by atoms with Gasteiger partial charge < -0.3 is 5.73 Å². The smallest absolute Gasteiger partial charge is 0.397 e. The number of anilines is 1. The van der Waals surface area contributed by atoms with Gasteiger partial charge in [-0.05, 0) is 15.9 Å². The van der Waals surface area contributed by atoms with Gasteiger partial charge in [0.15, 0.2) is 5.69 Å². The maximum absolute atomic E-state index is 12.3. The SMILES string of the molecule is Nc1c(S(N)(=O)=O)cnc(C(F)(F)F)c1Br. The van der Waals surface area contributed by atoms with Crippen LogP contribution in [-0.4, -0.2) is 13.4 Å². The molecular weight excluding hydrogens is 315 g/mol. The predicted octanol–water partition coefficient (Wildman–Crippen LogP) is 1.09. The van der Waals surface area contributed by atoms with Crippen LogP contribution >= 0.6 is 15.9 Å². The van der Waals surface area contributed by atoms with Gasteiger partial charge >= 0.3 is 6.18 Å². The molecule has 0 radical (unpaired) electrons. The van der Waals surface area contributed by atoms with Crippen molar-refractivity contribution in [3.8, 4) is 0 Å². The lowest BCUT2D eigenvalue weighted by atomic mass is 10.3. The molecular formula is C6H5BrF3N3O2S. The molecule has 5 nitrogen and oxygen atoms in total. The van der Waals surface area contributed by atoms with Gasteiger partial charge in [0.05, 0.1) is 10.2 Å². The minimum absolute atomic E-state index is 0.470. The minimum atomic E-state index is -4.73. The third-order valence-corrected chi connectivity index (χ3v) is 3.34. The van der Waals surface area contributed by atoms with E-state index in [2.05, 4.69) is 20.9 Å². The number of hydrogen-bond donors (Lipinski definition) is 2. The van der Waals surface area contributed by atoms with Gasteiger partial charge in [-0.2, -0.15) is 13.2 Å². The van der Waals surface area contributed by atoms with Crippen molar-refractivity contribution in [3.05, 3.63) is 16.4 Å². The molecule has 0 saturated heterocycles. The van der Waals surface area contributed by atoms with Crippen LogP contribution in [0.4, 0.5) is 18.9 Å². The van der Waals surface area contributed by atoms with Crippen LogP contribution in [0.25, 0.3) is 0 Å². The van der Waals surface area contributed by atoms with Gasteiger partial charge in [-0.1, -0.05) is 0 Å². The van der Waals surface area contributed by atoms with E-state index >= 15 is 0 Å². The molecule has 90 valence electrons. The standard InChI is InChI=1S/C6H5BrF3N3O2S/c7-3-4(11)2(16(12,14)15)1-13-5(3)6(8,9)10/h1H,(H2,11,13)(H2,12,14,15). The highest BCUT2D eigenvalue weighted by Crippen LogP contribution is 2.37. The number of hydrogen-bond acceptors (Lipinski definition) is 4. The Hall–Kier alpha value is -0.870. The number of nitrogens with two attached hydrogens (primary N) is 2. The summed E-state index contributed by atoms with van der Waals surface area (Å²) in [5, 5.41) is 4.74. The highest BCUT2D eigenvalue weighted by Gasteiger charge is 2.37. The molecule has 0 aromatic carbocycles. The molecule has 10 heteroatoms. The lowest BCUT2D eigenvalue weighted by Gasteiger charge is -2.11. The second-order valence-electron chi connectivity index (χ2n) is 2.74. The summed E-state index contributed by atoms with van der Waals surface area (Å²) in [6.07, 6.45) is -4.26. The van der Waals surface area contributed by atoms with Crippen molar-refractivity contribution in [1.82, 2.24) is 4.98 Å². The molecule has 0 amide bonds. The normalized spacial score (nSPS) is 12.8. The highest BCUT2D eigenvalue weighted by atomic mass is 79.9. The van der Waals surface area contributed by atoms with E-state index in [0.29, 0.717) is 6.20 Å². The molecule has 0 aliphatic heterocycles. The Bertz CT molecular complexity index is 529. The van der Waals surface area contributed by atoms with E-state index in [1.165, 1.54) is 0 Å². The summed E-state index contributed by atoms with van der Waals surface area (Å²) in [7, 11) is -4.20. The molecule has 0 aliphatic rings. The van der Waals surface area contributed by atoms with E-state index in [1.807, 2.05) is 0 Å². The number of primary sulfonamides is 1. The van der Waals surface area contributed by atoms with Crippen molar-refractivity contribution in [2.75, 3.05) is 5.73 Å². The number of pyridine rings is 1. The quantitative estimate of drug-likeness (QED) is 0.809. The predicted molar refractivity (Wildman–Crippen MR) is 52.7 cm³/mol. The van der Waals surface area contributed by atoms with Gasteiger partial charge in [-0.3, -0.25) is 0 Å². The average Bonchev–Trinajstić information content (AvgIpc) is 2.05. The average molecular weight is 320 g/mol. The fraction of sp³-hybridized carbons (Fsp3) is 0.167. The Labute approximate surface area is 96.8 Å². The third kappa shape index (κ3) is 2.44. The fourth-order valence-electron chi connectivity index (χ4n) is 0.909. The van der Waals surface area contributed by atoms with Crippen molar-refractivity contribution < 1.29 is 21.6 Å². The molecule has 0 aliphatic carbocycles. The van der Waals surface area contributed by atoms with E-state index in [-0.39, 0.29) is 0 Å². The monoisotopic (exact) mass is 319 g/mol. The molecule has 0 atom stereocenters. The lowest BCUT2D eigenvalue weighted by Crippen LogP contribution is -2.18. The Kier molecular flexibility index (Phi) is 3.18.